The molecule has 2 fully saturated rings. The Bertz CT molecular complexity index is 148. The molecule has 0 atom stereocenters. The molecular formula is C11H20ClN. The van der Waals surface area contributed by atoms with Crippen LogP contribution < -0.4 is 0 Å². The lowest BCUT2D eigenvalue weighted by Crippen LogP contribution is -2.39. The first-order valence-corrected chi connectivity index (χ1v) is 6.20. The minimum atomic E-state index is 0.805. The molecule has 0 radical (unpaired) electrons. The summed E-state index contributed by atoms with van der Waals surface area (Å²) in [5, 5.41) is 0. The van der Waals surface area contributed by atoms with Gasteiger partial charge >= 0.3 is 0 Å². The molecule has 1 heterocycles. The monoisotopic (exact) mass is 201 g/mol. The summed E-state index contributed by atoms with van der Waals surface area (Å²) in [5.41, 5.74) is 0. The number of rotatable bonds is 3. The molecule has 1 aliphatic heterocycles. The summed E-state index contributed by atoms with van der Waals surface area (Å²) in [6.45, 7) is 3.97. The lowest BCUT2D eigenvalue weighted by molar-refractivity contribution is 0.137. The van der Waals surface area contributed by atoms with Crippen molar-refractivity contribution in [1.29, 1.82) is 0 Å². The van der Waals surface area contributed by atoms with Gasteiger partial charge in [0.25, 0.3) is 0 Å². The molecule has 1 nitrogen and oxygen atoms in total. The van der Waals surface area contributed by atoms with Crippen molar-refractivity contribution >= 4 is 11.6 Å². The standard InChI is InChI=1S/C11H20ClN/c12-8-10-4-6-13(7-5-10)9-11-2-1-3-11/h10-11H,1-9H2. The van der Waals surface area contributed by atoms with Gasteiger partial charge in [-0.05, 0) is 50.6 Å². The van der Waals surface area contributed by atoms with Crippen molar-refractivity contribution in [1.82, 2.24) is 4.90 Å². The third-order valence-electron chi connectivity index (χ3n) is 3.67. The summed E-state index contributed by atoms with van der Waals surface area (Å²) >= 11 is 5.85. The second-order valence-electron chi connectivity index (χ2n) is 4.70. The van der Waals surface area contributed by atoms with E-state index in [0.29, 0.717) is 0 Å². The predicted octanol–water partition coefficient (Wildman–Crippen LogP) is 2.74. The van der Waals surface area contributed by atoms with E-state index < -0.39 is 0 Å². The fourth-order valence-corrected chi connectivity index (χ4v) is 2.67. The van der Waals surface area contributed by atoms with Crippen LogP contribution >= 0.6 is 11.6 Å². The molecule has 0 aromatic heterocycles. The molecule has 1 saturated heterocycles. The Labute approximate surface area is 86.4 Å². The fraction of sp³-hybridized carbons (Fsp3) is 1.00. The molecule has 1 aliphatic carbocycles. The summed E-state index contributed by atoms with van der Waals surface area (Å²) in [5.74, 6) is 2.71. The van der Waals surface area contributed by atoms with E-state index in [1.54, 1.807) is 0 Å². The molecule has 2 rings (SSSR count). The second kappa shape index (κ2) is 4.65. The van der Waals surface area contributed by atoms with Gasteiger partial charge in [0.2, 0.25) is 0 Å². The van der Waals surface area contributed by atoms with Crippen molar-refractivity contribution in [2.75, 3.05) is 25.5 Å². The maximum Gasteiger partial charge on any atom is 0.0252 e. The molecule has 0 spiro atoms. The van der Waals surface area contributed by atoms with Gasteiger partial charge in [0.1, 0.15) is 0 Å². The highest BCUT2D eigenvalue weighted by atomic mass is 35.5. The third-order valence-corrected chi connectivity index (χ3v) is 4.10. The Hall–Kier alpha value is 0.250. The smallest absolute Gasteiger partial charge is 0.0252 e. The van der Waals surface area contributed by atoms with E-state index in [-0.39, 0.29) is 0 Å². The SMILES string of the molecule is ClCC1CCN(CC2CCC2)CC1. The van der Waals surface area contributed by atoms with Crippen LogP contribution in [0.25, 0.3) is 0 Å². The molecule has 13 heavy (non-hydrogen) atoms. The number of hydrogen-bond acceptors (Lipinski definition) is 1. The van der Waals surface area contributed by atoms with E-state index in [4.69, 9.17) is 11.6 Å². The van der Waals surface area contributed by atoms with Gasteiger partial charge in [-0.3, -0.25) is 0 Å². The van der Waals surface area contributed by atoms with E-state index >= 15 is 0 Å². The Morgan fingerprint density at radius 2 is 1.69 bits per heavy atom. The molecule has 1 saturated carbocycles. The van der Waals surface area contributed by atoms with Crippen molar-refractivity contribution in [2.45, 2.75) is 32.1 Å². The highest BCUT2D eigenvalue weighted by Gasteiger charge is 2.23. The van der Waals surface area contributed by atoms with E-state index in [2.05, 4.69) is 4.90 Å². The Morgan fingerprint density at radius 1 is 1.00 bits per heavy atom. The lowest BCUT2D eigenvalue weighted by Gasteiger charge is -2.36. The Balaban J connectivity index is 1.65. The molecular weight excluding hydrogens is 182 g/mol. The average molecular weight is 202 g/mol. The van der Waals surface area contributed by atoms with Crippen LogP contribution in [0.2, 0.25) is 0 Å². The van der Waals surface area contributed by atoms with Crippen LogP contribution in [0.4, 0.5) is 0 Å². The summed E-state index contributed by atoms with van der Waals surface area (Å²) in [6, 6.07) is 0. The fourth-order valence-electron chi connectivity index (χ4n) is 2.36. The minimum Gasteiger partial charge on any atom is -0.303 e. The zero-order chi connectivity index (χ0) is 9.10. The minimum absolute atomic E-state index is 0.805. The first kappa shape index (κ1) is 9.79. The van der Waals surface area contributed by atoms with Crippen LogP contribution in [-0.2, 0) is 0 Å². The zero-order valence-electron chi connectivity index (χ0n) is 8.34. The predicted molar refractivity (Wildman–Crippen MR) is 57.2 cm³/mol. The number of halogens is 1. The summed E-state index contributed by atoms with van der Waals surface area (Å²) < 4.78 is 0. The lowest BCUT2D eigenvalue weighted by atomic mass is 9.84. The molecule has 2 heteroatoms. The largest absolute Gasteiger partial charge is 0.303 e. The number of likely N-dealkylation sites (tertiary alicyclic amines) is 1. The Kier molecular flexibility index (Phi) is 3.51. The normalized spacial score (nSPS) is 27.5. The summed E-state index contributed by atoms with van der Waals surface area (Å²) in [6.07, 6.45) is 7.10. The molecule has 0 bridgehead atoms. The van der Waals surface area contributed by atoms with Gasteiger partial charge < -0.3 is 4.90 Å². The van der Waals surface area contributed by atoms with Crippen molar-refractivity contribution < 1.29 is 0 Å². The molecule has 0 amide bonds. The molecule has 0 aromatic carbocycles. The molecule has 0 unspecified atom stereocenters. The van der Waals surface area contributed by atoms with Gasteiger partial charge in [0.15, 0.2) is 0 Å². The van der Waals surface area contributed by atoms with Crippen LogP contribution in [0.15, 0.2) is 0 Å². The van der Waals surface area contributed by atoms with Crippen LogP contribution in [0.5, 0.6) is 0 Å². The highest BCUT2D eigenvalue weighted by Crippen LogP contribution is 2.28. The van der Waals surface area contributed by atoms with E-state index in [1.165, 1.54) is 51.7 Å². The number of piperidine rings is 1. The number of nitrogens with zero attached hydrogens (tertiary/aromatic N) is 1. The molecule has 2 aliphatic rings. The van der Waals surface area contributed by atoms with Gasteiger partial charge in [-0.25, -0.2) is 0 Å². The maximum atomic E-state index is 5.85. The van der Waals surface area contributed by atoms with Crippen molar-refractivity contribution in [3.63, 3.8) is 0 Å². The summed E-state index contributed by atoms with van der Waals surface area (Å²) in [7, 11) is 0. The Morgan fingerprint density at radius 3 is 2.15 bits per heavy atom. The van der Waals surface area contributed by atoms with Gasteiger partial charge in [0, 0.05) is 12.4 Å². The van der Waals surface area contributed by atoms with Crippen molar-refractivity contribution in [3.05, 3.63) is 0 Å². The zero-order valence-corrected chi connectivity index (χ0v) is 9.10. The molecule has 76 valence electrons. The van der Waals surface area contributed by atoms with Gasteiger partial charge in [0.05, 0.1) is 0 Å². The third kappa shape index (κ3) is 2.60. The van der Waals surface area contributed by atoms with Crippen LogP contribution in [-0.4, -0.2) is 30.4 Å². The van der Waals surface area contributed by atoms with Gasteiger partial charge in [-0.1, -0.05) is 6.42 Å². The van der Waals surface area contributed by atoms with Crippen LogP contribution in [0, 0.1) is 11.8 Å². The first-order valence-electron chi connectivity index (χ1n) is 5.67. The quantitative estimate of drug-likeness (QED) is 0.635. The topological polar surface area (TPSA) is 3.24 Å². The van der Waals surface area contributed by atoms with E-state index in [9.17, 15) is 0 Å². The maximum absolute atomic E-state index is 5.85. The van der Waals surface area contributed by atoms with Crippen LogP contribution in [0.1, 0.15) is 32.1 Å². The first-order chi connectivity index (χ1) is 6.38. The van der Waals surface area contributed by atoms with Gasteiger partial charge in [-0.15, -0.1) is 11.6 Å². The highest BCUT2D eigenvalue weighted by molar-refractivity contribution is 6.18. The van der Waals surface area contributed by atoms with E-state index in [1.807, 2.05) is 0 Å². The average Bonchev–Trinajstić information content (AvgIpc) is 2.12. The van der Waals surface area contributed by atoms with E-state index in [0.717, 1.165) is 17.7 Å². The molecule has 0 aromatic rings. The van der Waals surface area contributed by atoms with Crippen molar-refractivity contribution in [3.8, 4) is 0 Å². The van der Waals surface area contributed by atoms with Gasteiger partial charge in [-0.2, -0.15) is 0 Å². The second-order valence-corrected chi connectivity index (χ2v) is 5.00. The number of alkyl halides is 1. The van der Waals surface area contributed by atoms with Crippen molar-refractivity contribution in [2.24, 2.45) is 11.8 Å². The van der Waals surface area contributed by atoms with Crippen LogP contribution in [0.3, 0.4) is 0 Å². The molecule has 0 N–H and O–H groups in total. The number of hydrogen-bond donors (Lipinski definition) is 0. The summed E-state index contributed by atoms with van der Waals surface area (Å²) in [4.78, 5) is 2.65.